The van der Waals surface area contributed by atoms with Crippen molar-refractivity contribution in [2.45, 2.75) is 13.0 Å². The quantitative estimate of drug-likeness (QED) is 0.746. The lowest BCUT2D eigenvalue weighted by atomic mass is 10.1. The maximum atomic E-state index is 14.0. The molecule has 0 bridgehead atoms. The molecule has 3 heteroatoms. The Morgan fingerprint density at radius 3 is 2.43 bits per heavy atom. The highest BCUT2D eigenvalue weighted by Crippen LogP contribution is 2.29. The molecule has 0 saturated carbocycles. The van der Waals surface area contributed by atoms with Gasteiger partial charge in [0.1, 0.15) is 5.75 Å². The van der Waals surface area contributed by atoms with Crippen LogP contribution in [0, 0.1) is 5.82 Å². The van der Waals surface area contributed by atoms with E-state index in [1.807, 2.05) is 42.5 Å². The monoisotopic (exact) mass is 282 g/mol. The predicted octanol–water partition coefficient (Wildman–Crippen LogP) is 4.82. The van der Waals surface area contributed by atoms with Crippen molar-refractivity contribution in [2.75, 3.05) is 0 Å². The van der Waals surface area contributed by atoms with E-state index >= 15 is 0 Å². The van der Waals surface area contributed by atoms with Crippen molar-refractivity contribution in [3.8, 4) is 11.5 Å². The van der Waals surface area contributed by atoms with Gasteiger partial charge in [-0.25, -0.2) is 4.39 Å². The molecule has 21 heavy (non-hydrogen) atoms. The van der Waals surface area contributed by atoms with Crippen LogP contribution in [0.5, 0.6) is 11.5 Å². The first-order valence-corrected chi connectivity index (χ1v) is 6.77. The number of ether oxygens (including phenoxy) is 1. The molecule has 0 aliphatic carbocycles. The second-order valence-corrected chi connectivity index (χ2v) is 4.98. The summed E-state index contributed by atoms with van der Waals surface area (Å²) in [5.41, 5.74) is 0.526. The van der Waals surface area contributed by atoms with Crippen molar-refractivity contribution in [3.63, 3.8) is 0 Å². The van der Waals surface area contributed by atoms with Crippen molar-refractivity contribution in [1.29, 1.82) is 0 Å². The van der Waals surface area contributed by atoms with Crippen LogP contribution in [-0.4, -0.2) is 5.11 Å². The Morgan fingerprint density at radius 1 is 0.952 bits per heavy atom. The second-order valence-electron chi connectivity index (χ2n) is 4.98. The molecule has 0 aromatic heterocycles. The third-order valence-corrected chi connectivity index (χ3v) is 3.39. The normalized spacial score (nSPS) is 12.3. The van der Waals surface area contributed by atoms with Crippen molar-refractivity contribution < 1.29 is 14.2 Å². The summed E-state index contributed by atoms with van der Waals surface area (Å²) in [6.07, 6.45) is -0.700. The van der Waals surface area contributed by atoms with Crippen LogP contribution in [0.4, 0.5) is 4.39 Å². The predicted molar refractivity (Wildman–Crippen MR) is 81.1 cm³/mol. The summed E-state index contributed by atoms with van der Waals surface area (Å²) in [7, 11) is 0. The van der Waals surface area contributed by atoms with E-state index in [1.54, 1.807) is 13.0 Å². The van der Waals surface area contributed by atoms with Crippen molar-refractivity contribution in [3.05, 3.63) is 72.0 Å². The van der Waals surface area contributed by atoms with Crippen LogP contribution >= 0.6 is 0 Å². The van der Waals surface area contributed by atoms with Crippen LogP contribution < -0.4 is 4.74 Å². The summed E-state index contributed by atoms with van der Waals surface area (Å²) in [5.74, 6) is 0.244. The van der Waals surface area contributed by atoms with Crippen LogP contribution in [0.2, 0.25) is 0 Å². The van der Waals surface area contributed by atoms with E-state index < -0.39 is 11.9 Å². The van der Waals surface area contributed by atoms with E-state index in [0.29, 0.717) is 11.3 Å². The highest BCUT2D eigenvalue weighted by molar-refractivity contribution is 5.83. The van der Waals surface area contributed by atoms with Gasteiger partial charge in [-0.3, -0.25) is 0 Å². The number of halogens is 1. The molecular weight excluding hydrogens is 267 g/mol. The molecule has 0 aliphatic heterocycles. The molecule has 0 aliphatic rings. The van der Waals surface area contributed by atoms with Gasteiger partial charge in [-0.15, -0.1) is 0 Å². The summed E-state index contributed by atoms with van der Waals surface area (Å²) >= 11 is 0. The summed E-state index contributed by atoms with van der Waals surface area (Å²) in [6.45, 7) is 1.60. The van der Waals surface area contributed by atoms with Crippen LogP contribution in [0.3, 0.4) is 0 Å². The maximum Gasteiger partial charge on any atom is 0.166 e. The molecule has 3 aromatic carbocycles. The Morgan fingerprint density at radius 2 is 1.71 bits per heavy atom. The zero-order valence-electron chi connectivity index (χ0n) is 11.6. The molecule has 1 N–H and O–H groups in total. The zero-order valence-corrected chi connectivity index (χ0v) is 11.6. The number of hydrogen-bond acceptors (Lipinski definition) is 2. The molecule has 2 nitrogen and oxygen atoms in total. The van der Waals surface area contributed by atoms with Gasteiger partial charge in [-0.1, -0.05) is 36.4 Å². The molecule has 3 rings (SSSR count). The minimum absolute atomic E-state index is 0.148. The lowest BCUT2D eigenvalue weighted by molar-refractivity contribution is 0.198. The minimum atomic E-state index is -0.700. The van der Waals surface area contributed by atoms with Gasteiger partial charge in [0.2, 0.25) is 0 Å². The van der Waals surface area contributed by atoms with E-state index in [4.69, 9.17) is 4.74 Å². The van der Waals surface area contributed by atoms with E-state index in [1.165, 1.54) is 12.1 Å². The van der Waals surface area contributed by atoms with Gasteiger partial charge in [0.25, 0.3) is 0 Å². The highest BCUT2D eigenvalue weighted by Gasteiger charge is 2.09. The number of hydrogen-bond donors (Lipinski definition) is 1. The molecule has 1 atom stereocenters. The van der Waals surface area contributed by atoms with Crippen LogP contribution in [-0.2, 0) is 0 Å². The fourth-order valence-corrected chi connectivity index (χ4v) is 2.22. The molecular formula is C18H15FO2. The molecule has 0 spiro atoms. The molecule has 106 valence electrons. The smallest absolute Gasteiger partial charge is 0.166 e. The van der Waals surface area contributed by atoms with Gasteiger partial charge < -0.3 is 9.84 Å². The summed E-state index contributed by atoms with van der Waals surface area (Å²) in [6, 6.07) is 18.0. The number of benzene rings is 3. The third kappa shape index (κ3) is 2.88. The van der Waals surface area contributed by atoms with Gasteiger partial charge in [-0.2, -0.15) is 0 Å². The Balaban J connectivity index is 1.91. The van der Waals surface area contributed by atoms with Gasteiger partial charge in [0, 0.05) is 0 Å². The summed E-state index contributed by atoms with van der Waals surface area (Å²) in [5, 5.41) is 11.6. The maximum absolute atomic E-state index is 14.0. The average Bonchev–Trinajstić information content (AvgIpc) is 2.49. The molecule has 0 radical (unpaired) electrons. The molecule has 0 unspecified atom stereocenters. The number of fused-ring (bicyclic) bond motifs is 1. The van der Waals surface area contributed by atoms with E-state index in [0.717, 1.165) is 10.8 Å². The van der Waals surface area contributed by atoms with Gasteiger partial charge in [0.05, 0.1) is 6.10 Å². The Kier molecular flexibility index (Phi) is 3.59. The lowest BCUT2D eigenvalue weighted by Gasteiger charge is -2.10. The molecule has 0 amide bonds. The summed E-state index contributed by atoms with van der Waals surface area (Å²) in [4.78, 5) is 0. The zero-order chi connectivity index (χ0) is 14.8. The highest BCUT2D eigenvalue weighted by atomic mass is 19.1. The Labute approximate surface area is 122 Å². The van der Waals surface area contributed by atoms with Gasteiger partial charge in [-0.05, 0) is 47.5 Å². The lowest BCUT2D eigenvalue weighted by Crippen LogP contribution is -1.94. The number of aliphatic hydroxyl groups excluding tert-OH is 1. The van der Waals surface area contributed by atoms with E-state index in [-0.39, 0.29) is 5.75 Å². The SMILES string of the molecule is C[C@@H](O)c1ccc(Oc2ccc3ccccc3c2)c(F)c1. The fraction of sp³-hybridized carbons (Fsp3) is 0.111. The van der Waals surface area contributed by atoms with Crippen molar-refractivity contribution >= 4 is 10.8 Å². The van der Waals surface area contributed by atoms with Crippen molar-refractivity contribution in [1.82, 2.24) is 0 Å². The van der Waals surface area contributed by atoms with Gasteiger partial charge in [0.15, 0.2) is 11.6 Å². The number of aliphatic hydroxyl groups is 1. The average molecular weight is 282 g/mol. The standard InChI is InChI=1S/C18H15FO2/c1-12(20)14-7-9-18(17(19)11-14)21-16-8-6-13-4-2-3-5-15(13)10-16/h2-12,20H,1H3/t12-/m1/s1. The summed E-state index contributed by atoms with van der Waals surface area (Å²) < 4.78 is 19.6. The molecule has 3 aromatic rings. The third-order valence-electron chi connectivity index (χ3n) is 3.39. The molecule has 0 saturated heterocycles. The molecule has 0 heterocycles. The van der Waals surface area contributed by atoms with E-state index in [9.17, 15) is 9.50 Å². The van der Waals surface area contributed by atoms with Crippen LogP contribution in [0.1, 0.15) is 18.6 Å². The first-order chi connectivity index (χ1) is 10.1. The number of rotatable bonds is 3. The Bertz CT molecular complexity index is 781. The van der Waals surface area contributed by atoms with Crippen LogP contribution in [0.15, 0.2) is 60.7 Å². The fourth-order valence-electron chi connectivity index (χ4n) is 2.22. The van der Waals surface area contributed by atoms with Crippen LogP contribution in [0.25, 0.3) is 10.8 Å². The van der Waals surface area contributed by atoms with E-state index in [2.05, 4.69) is 0 Å². The topological polar surface area (TPSA) is 29.5 Å². The minimum Gasteiger partial charge on any atom is -0.454 e. The largest absolute Gasteiger partial charge is 0.454 e. The first kappa shape index (κ1) is 13.6. The molecule has 0 fully saturated rings. The van der Waals surface area contributed by atoms with Crippen molar-refractivity contribution in [2.24, 2.45) is 0 Å². The van der Waals surface area contributed by atoms with Gasteiger partial charge >= 0.3 is 0 Å². The Hall–Kier alpha value is -2.39. The first-order valence-electron chi connectivity index (χ1n) is 6.77. The second kappa shape index (κ2) is 5.54.